The molecule has 0 aromatic rings. The van der Waals surface area contributed by atoms with Gasteiger partial charge in [0.05, 0.1) is 25.6 Å². The monoisotopic (exact) mass is 457 g/mol. The van der Waals surface area contributed by atoms with Gasteiger partial charge < -0.3 is 14.4 Å². The van der Waals surface area contributed by atoms with E-state index >= 15 is 0 Å². The first-order valence-corrected chi connectivity index (χ1v) is 12.6. The number of allylic oxidation sites excluding steroid dienone is 9. The maximum absolute atomic E-state index is 5.55. The summed E-state index contributed by atoms with van der Waals surface area (Å²) in [7, 11) is 0. The van der Waals surface area contributed by atoms with Gasteiger partial charge >= 0.3 is 0 Å². The molecule has 0 aliphatic carbocycles. The predicted octanol–water partition coefficient (Wildman–Crippen LogP) is 8.08. The van der Waals surface area contributed by atoms with Crippen LogP contribution in [-0.4, -0.2) is 37.3 Å². The molecule has 0 aromatic heterocycles. The minimum absolute atomic E-state index is 0.204. The molecule has 0 radical (unpaired) electrons. The maximum atomic E-state index is 5.55. The minimum Gasteiger partial charge on any atom is -0.499 e. The van der Waals surface area contributed by atoms with Crippen molar-refractivity contribution in [1.82, 2.24) is 4.90 Å². The van der Waals surface area contributed by atoms with E-state index in [2.05, 4.69) is 75.3 Å². The minimum atomic E-state index is 0.204. The van der Waals surface area contributed by atoms with E-state index in [1.54, 1.807) is 13.2 Å². The Morgan fingerprint density at radius 1 is 1.15 bits per heavy atom. The smallest absolute Gasteiger partial charge is 0.0922 e. The average molecular weight is 458 g/mol. The first-order chi connectivity index (χ1) is 15.9. The summed E-state index contributed by atoms with van der Waals surface area (Å²) >= 11 is 0. The molecule has 0 N–H and O–H groups in total. The first kappa shape index (κ1) is 33.0. The Kier molecular flexibility index (Phi) is 23.0. The van der Waals surface area contributed by atoms with E-state index in [1.807, 2.05) is 33.8 Å². The highest BCUT2D eigenvalue weighted by atomic mass is 16.5. The standard InChI is InChI=1S/C25H41NO2.C3H4.C2H6/c1-7-11-24(12-10-17-28-21(4)5)23(9-3)13-14-25(20-22(6)8-2)26-15-18-27-19-16-26;1-3-2;1-2/h7,9-12,14,17,21-22H,8,13,15-16,18-20H2,1-6H3;1H,2H3;1-2H3/b11-7-,17-10+,23-9+,24-12+,25-14+;;. The fourth-order valence-corrected chi connectivity index (χ4v) is 3.12. The quantitative estimate of drug-likeness (QED) is 0.178. The topological polar surface area (TPSA) is 21.7 Å². The van der Waals surface area contributed by atoms with Gasteiger partial charge in [0.25, 0.3) is 0 Å². The Morgan fingerprint density at radius 2 is 1.76 bits per heavy atom. The molecular formula is C30H51NO2. The zero-order chi connectivity index (χ0) is 25.5. The van der Waals surface area contributed by atoms with E-state index in [4.69, 9.17) is 9.47 Å². The molecule has 0 spiro atoms. The Hall–Kier alpha value is -2.18. The third-order valence-corrected chi connectivity index (χ3v) is 5.00. The normalized spacial score (nSPS) is 16.2. The number of terminal acetylenes is 1. The molecule has 3 heteroatoms. The van der Waals surface area contributed by atoms with Crippen molar-refractivity contribution in [2.24, 2.45) is 5.92 Å². The van der Waals surface area contributed by atoms with Gasteiger partial charge in [0.15, 0.2) is 0 Å². The van der Waals surface area contributed by atoms with Crippen LogP contribution in [0.3, 0.4) is 0 Å². The van der Waals surface area contributed by atoms with Gasteiger partial charge in [0.1, 0.15) is 0 Å². The van der Waals surface area contributed by atoms with Crippen molar-refractivity contribution in [2.75, 3.05) is 26.3 Å². The second-order valence-electron chi connectivity index (χ2n) is 7.95. The van der Waals surface area contributed by atoms with Crippen LogP contribution in [0.5, 0.6) is 0 Å². The van der Waals surface area contributed by atoms with Crippen molar-refractivity contribution < 1.29 is 9.47 Å². The van der Waals surface area contributed by atoms with E-state index in [1.165, 1.54) is 23.3 Å². The molecule has 3 nitrogen and oxygen atoms in total. The third-order valence-electron chi connectivity index (χ3n) is 5.00. The van der Waals surface area contributed by atoms with Crippen LogP contribution in [0.15, 0.2) is 59.6 Å². The molecule has 0 saturated carbocycles. The SMILES string of the molecule is C#CC.CC.C\C=C/C(=C\C=C\OC(C)C)C(=C/C)/C/C=C(\CC(C)CC)N1CCOCC1. The van der Waals surface area contributed by atoms with E-state index in [0.29, 0.717) is 5.92 Å². The Morgan fingerprint density at radius 3 is 2.24 bits per heavy atom. The van der Waals surface area contributed by atoms with Crippen molar-refractivity contribution in [3.8, 4) is 12.3 Å². The lowest BCUT2D eigenvalue weighted by Gasteiger charge is -2.32. The van der Waals surface area contributed by atoms with Gasteiger partial charge in [0, 0.05) is 18.8 Å². The Labute approximate surface area is 206 Å². The average Bonchev–Trinajstić information content (AvgIpc) is 2.83. The molecule has 0 bridgehead atoms. The second-order valence-corrected chi connectivity index (χ2v) is 7.95. The lowest BCUT2D eigenvalue weighted by atomic mass is 9.97. The van der Waals surface area contributed by atoms with Gasteiger partial charge in [-0.1, -0.05) is 64.5 Å². The molecule has 1 aliphatic heterocycles. The van der Waals surface area contributed by atoms with Gasteiger partial charge in [-0.3, -0.25) is 0 Å². The van der Waals surface area contributed by atoms with Crippen LogP contribution in [0, 0.1) is 18.3 Å². The highest BCUT2D eigenvalue weighted by Crippen LogP contribution is 2.23. The van der Waals surface area contributed by atoms with Crippen molar-refractivity contribution >= 4 is 0 Å². The number of hydrogen-bond acceptors (Lipinski definition) is 3. The summed E-state index contributed by atoms with van der Waals surface area (Å²) in [5, 5.41) is 0. The van der Waals surface area contributed by atoms with Crippen LogP contribution in [0.4, 0.5) is 0 Å². The van der Waals surface area contributed by atoms with Gasteiger partial charge in [-0.05, 0) is 70.6 Å². The number of hydrogen-bond donors (Lipinski definition) is 0. The third kappa shape index (κ3) is 17.0. The molecule has 1 fully saturated rings. The van der Waals surface area contributed by atoms with Crippen LogP contribution in [0.2, 0.25) is 0 Å². The Bertz CT molecular complexity index is 653. The first-order valence-electron chi connectivity index (χ1n) is 12.6. The summed E-state index contributed by atoms with van der Waals surface area (Å²) in [6.45, 7) is 22.2. The molecule has 1 rings (SSSR count). The summed E-state index contributed by atoms with van der Waals surface area (Å²) < 4.78 is 11.1. The highest BCUT2D eigenvalue weighted by Gasteiger charge is 2.15. The van der Waals surface area contributed by atoms with Crippen LogP contribution < -0.4 is 0 Å². The van der Waals surface area contributed by atoms with Crippen LogP contribution in [0.1, 0.15) is 81.6 Å². The number of rotatable bonds is 11. The highest BCUT2D eigenvalue weighted by molar-refractivity contribution is 5.42. The van der Waals surface area contributed by atoms with E-state index in [-0.39, 0.29) is 6.10 Å². The lowest BCUT2D eigenvalue weighted by molar-refractivity contribution is 0.0509. The number of morpholine rings is 1. The zero-order valence-electron chi connectivity index (χ0n) is 23.0. The molecule has 188 valence electrons. The largest absolute Gasteiger partial charge is 0.499 e. The summed E-state index contributed by atoms with van der Waals surface area (Å²) in [6.07, 6.45) is 22.9. The van der Waals surface area contributed by atoms with Crippen molar-refractivity contribution in [2.45, 2.75) is 87.7 Å². The van der Waals surface area contributed by atoms with Crippen molar-refractivity contribution in [1.29, 1.82) is 0 Å². The summed E-state index contributed by atoms with van der Waals surface area (Å²) in [5.74, 6) is 2.95. The second kappa shape index (κ2) is 23.0. The van der Waals surface area contributed by atoms with Gasteiger partial charge in [0.2, 0.25) is 0 Å². The van der Waals surface area contributed by atoms with Gasteiger partial charge in [-0.15, -0.1) is 12.3 Å². The summed E-state index contributed by atoms with van der Waals surface area (Å²) in [6, 6.07) is 0. The maximum Gasteiger partial charge on any atom is 0.0922 e. The Balaban J connectivity index is 0. The van der Waals surface area contributed by atoms with Crippen LogP contribution in [0.25, 0.3) is 0 Å². The van der Waals surface area contributed by atoms with Crippen LogP contribution >= 0.6 is 0 Å². The van der Waals surface area contributed by atoms with E-state index in [9.17, 15) is 0 Å². The van der Waals surface area contributed by atoms with Gasteiger partial charge in [-0.2, -0.15) is 0 Å². The van der Waals surface area contributed by atoms with E-state index < -0.39 is 0 Å². The molecule has 0 amide bonds. The molecule has 1 aliphatic rings. The molecule has 1 atom stereocenters. The van der Waals surface area contributed by atoms with Crippen LogP contribution in [-0.2, 0) is 9.47 Å². The number of ether oxygens (including phenoxy) is 2. The summed E-state index contributed by atoms with van der Waals surface area (Å²) in [5.41, 5.74) is 4.03. The lowest BCUT2D eigenvalue weighted by Crippen LogP contribution is -2.36. The fraction of sp³-hybridized carbons (Fsp3) is 0.600. The molecular weight excluding hydrogens is 406 g/mol. The van der Waals surface area contributed by atoms with E-state index in [0.717, 1.165) is 39.1 Å². The predicted molar refractivity (Wildman–Crippen MR) is 147 cm³/mol. The molecule has 0 aromatic carbocycles. The summed E-state index contributed by atoms with van der Waals surface area (Å²) in [4.78, 5) is 2.51. The fourth-order valence-electron chi connectivity index (χ4n) is 3.12. The zero-order valence-corrected chi connectivity index (χ0v) is 23.0. The number of nitrogens with zero attached hydrogens (tertiary/aromatic N) is 1. The molecule has 33 heavy (non-hydrogen) atoms. The molecule has 1 saturated heterocycles. The van der Waals surface area contributed by atoms with Crippen molar-refractivity contribution in [3.05, 3.63) is 59.6 Å². The van der Waals surface area contributed by atoms with Crippen molar-refractivity contribution in [3.63, 3.8) is 0 Å². The van der Waals surface area contributed by atoms with Gasteiger partial charge in [-0.25, -0.2) is 0 Å². The molecule has 1 unspecified atom stereocenters. The molecule has 1 heterocycles.